The lowest BCUT2D eigenvalue weighted by Crippen LogP contribution is -2.19. The smallest absolute Gasteiger partial charge is 0.306 e. The Balaban J connectivity index is 3.36. The number of hydrogen-bond donors (Lipinski definition) is 1. The maximum absolute atomic E-state index is 10.8. The summed E-state index contributed by atoms with van der Waals surface area (Å²) in [5, 5.41) is 0.518. The summed E-state index contributed by atoms with van der Waals surface area (Å²) >= 11 is 1.77. The maximum Gasteiger partial charge on any atom is 0.306 e. The van der Waals surface area contributed by atoms with E-state index in [0.717, 1.165) is 12.2 Å². The summed E-state index contributed by atoms with van der Waals surface area (Å²) in [6.07, 6.45) is 1.48. The fourth-order valence-electron chi connectivity index (χ4n) is 1.04. The lowest BCUT2D eigenvalue weighted by Gasteiger charge is -2.12. The second-order valence-electron chi connectivity index (χ2n) is 3.22. The van der Waals surface area contributed by atoms with Crippen molar-refractivity contribution >= 4 is 17.7 Å². The standard InChI is InChI=1S/C9H19NO2S/c1-7(10)6-8(2)13-5-4-9(11)12-3/h7-8H,4-6,10H2,1-3H3. The summed E-state index contributed by atoms with van der Waals surface area (Å²) in [5.41, 5.74) is 5.65. The molecule has 78 valence electrons. The van der Waals surface area contributed by atoms with Crippen molar-refractivity contribution in [3.8, 4) is 0 Å². The Hall–Kier alpha value is -0.220. The first kappa shape index (κ1) is 12.8. The molecule has 0 aliphatic heterocycles. The minimum absolute atomic E-state index is 0.138. The van der Waals surface area contributed by atoms with Crippen molar-refractivity contribution in [2.75, 3.05) is 12.9 Å². The van der Waals surface area contributed by atoms with E-state index in [0.29, 0.717) is 11.7 Å². The van der Waals surface area contributed by atoms with Crippen LogP contribution in [0.1, 0.15) is 26.7 Å². The third kappa shape index (κ3) is 8.12. The number of rotatable bonds is 6. The Bertz CT molecular complexity index is 151. The largest absolute Gasteiger partial charge is 0.469 e. The molecule has 13 heavy (non-hydrogen) atoms. The molecule has 0 aromatic carbocycles. The zero-order valence-corrected chi connectivity index (χ0v) is 9.39. The summed E-state index contributed by atoms with van der Waals surface area (Å²) in [6.45, 7) is 4.13. The molecule has 0 bridgehead atoms. The topological polar surface area (TPSA) is 52.3 Å². The zero-order chi connectivity index (χ0) is 10.3. The molecule has 0 saturated heterocycles. The highest BCUT2D eigenvalue weighted by molar-refractivity contribution is 7.99. The molecule has 2 atom stereocenters. The summed E-state index contributed by atoms with van der Waals surface area (Å²) in [6, 6.07) is 0.237. The van der Waals surface area contributed by atoms with Crippen molar-refractivity contribution in [3.63, 3.8) is 0 Å². The van der Waals surface area contributed by atoms with Crippen LogP contribution < -0.4 is 5.73 Å². The molecular weight excluding hydrogens is 186 g/mol. The van der Waals surface area contributed by atoms with Crippen molar-refractivity contribution in [1.82, 2.24) is 0 Å². The number of hydrogen-bond acceptors (Lipinski definition) is 4. The predicted molar refractivity (Wildman–Crippen MR) is 56.8 cm³/mol. The highest BCUT2D eigenvalue weighted by atomic mass is 32.2. The first-order valence-corrected chi connectivity index (χ1v) is 5.55. The molecule has 0 radical (unpaired) electrons. The number of nitrogens with two attached hydrogens (primary N) is 1. The zero-order valence-electron chi connectivity index (χ0n) is 8.58. The second kappa shape index (κ2) is 7.21. The lowest BCUT2D eigenvalue weighted by atomic mass is 10.2. The number of ether oxygens (including phenoxy) is 1. The first-order chi connectivity index (χ1) is 6.06. The first-order valence-electron chi connectivity index (χ1n) is 4.50. The van der Waals surface area contributed by atoms with E-state index in [1.165, 1.54) is 7.11 Å². The molecule has 0 spiro atoms. The molecule has 0 fully saturated rings. The van der Waals surface area contributed by atoms with E-state index in [2.05, 4.69) is 11.7 Å². The molecule has 3 nitrogen and oxygen atoms in total. The normalized spacial score (nSPS) is 15.1. The monoisotopic (exact) mass is 205 g/mol. The number of carbonyl (C=O) groups excluding carboxylic acids is 1. The van der Waals surface area contributed by atoms with Crippen LogP contribution in [0.4, 0.5) is 0 Å². The predicted octanol–water partition coefficient (Wildman–Crippen LogP) is 1.41. The van der Waals surface area contributed by atoms with E-state index in [4.69, 9.17) is 5.73 Å². The van der Waals surface area contributed by atoms with Gasteiger partial charge in [-0.3, -0.25) is 4.79 Å². The SMILES string of the molecule is COC(=O)CCSC(C)CC(C)N. The Morgan fingerprint density at radius 2 is 2.15 bits per heavy atom. The van der Waals surface area contributed by atoms with Crippen LogP contribution >= 0.6 is 11.8 Å². The minimum atomic E-state index is -0.138. The van der Waals surface area contributed by atoms with Gasteiger partial charge >= 0.3 is 5.97 Å². The highest BCUT2D eigenvalue weighted by Gasteiger charge is 2.07. The number of thioether (sulfide) groups is 1. The molecule has 0 saturated carbocycles. The van der Waals surface area contributed by atoms with Gasteiger partial charge in [0.25, 0.3) is 0 Å². The second-order valence-corrected chi connectivity index (χ2v) is 4.77. The summed E-state index contributed by atoms with van der Waals surface area (Å²) in [4.78, 5) is 10.8. The van der Waals surface area contributed by atoms with Gasteiger partial charge in [-0.15, -0.1) is 0 Å². The van der Waals surface area contributed by atoms with Gasteiger partial charge in [0, 0.05) is 17.0 Å². The third-order valence-electron chi connectivity index (χ3n) is 1.64. The number of methoxy groups -OCH3 is 1. The van der Waals surface area contributed by atoms with E-state index in [1.54, 1.807) is 11.8 Å². The molecule has 2 N–H and O–H groups in total. The van der Waals surface area contributed by atoms with Gasteiger partial charge in [-0.05, 0) is 13.3 Å². The Morgan fingerprint density at radius 1 is 1.54 bits per heavy atom. The van der Waals surface area contributed by atoms with E-state index in [9.17, 15) is 4.79 Å². The molecule has 0 amide bonds. The molecule has 0 aliphatic rings. The highest BCUT2D eigenvalue weighted by Crippen LogP contribution is 2.16. The Labute approximate surface area is 84.4 Å². The average molecular weight is 205 g/mol. The summed E-state index contributed by atoms with van der Waals surface area (Å²) < 4.78 is 4.54. The third-order valence-corrected chi connectivity index (χ3v) is 2.84. The lowest BCUT2D eigenvalue weighted by molar-refractivity contribution is -0.140. The Kier molecular flexibility index (Phi) is 7.09. The average Bonchev–Trinajstić information content (AvgIpc) is 2.02. The molecule has 0 aliphatic carbocycles. The van der Waals surface area contributed by atoms with Gasteiger partial charge in [-0.1, -0.05) is 6.92 Å². The van der Waals surface area contributed by atoms with Crippen LogP contribution in [-0.4, -0.2) is 30.1 Å². The van der Waals surface area contributed by atoms with Crippen LogP contribution in [0.2, 0.25) is 0 Å². The van der Waals surface area contributed by atoms with Crippen molar-refractivity contribution in [2.45, 2.75) is 38.0 Å². The fourth-order valence-corrected chi connectivity index (χ4v) is 2.16. The van der Waals surface area contributed by atoms with Gasteiger partial charge in [0.2, 0.25) is 0 Å². The van der Waals surface area contributed by atoms with Crippen LogP contribution in [0.25, 0.3) is 0 Å². The van der Waals surface area contributed by atoms with Gasteiger partial charge in [0.05, 0.1) is 13.5 Å². The molecule has 0 aromatic rings. The number of esters is 1. The Morgan fingerprint density at radius 3 is 2.62 bits per heavy atom. The van der Waals surface area contributed by atoms with Gasteiger partial charge in [0.15, 0.2) is 0 Å². The summed E-state index contributed by atoms with van der Waals surface area (Å²) in [7, 11) is 1.42. The van der Waals surface area contributed by atoms with Gasteiger partial charge in [-0.25, -0.2) is 0 Å². The van der Waals surface area contributed by atoms with Gasteiger partial charge < -0.3 is 10.5 Å². The van der Waals surface area contributed by atoms with Crippen LogP contribution in [0.3, 0.4) is 0 Å². The fraction of sp³-hybridized carbons (Fsp3) is 0.889. The van der Waals surface area contributed by atoms with Crippen LogP contribution in [-0.2, 0) is 9.53 Å². The van der Waals surface area contributed by atoms with Crippen LogP contribution in [0.15, 0.2) is 0 Å². The number of carbonyl (C=O) groups is 1. The molecule has 0 aromatic heterocycles. The molecule has 0 heterocycles. The maximum atomic E-state index is 10.8. The molecule has 2 unspecified atom stereocenters. The van der Waals surface area contributed by atoms with Crippen molar-refractivity contribution < 1.29 is 9.53 Å². The summed E-state index contributed by atoms with van der Waals surface area (Å²) in [5.74, 6) is 0.682. The van der Waals surface area contributed by atoms with Crippen LogP contribution in [0, 0.1) is 0 Å². The molecule has 0 rings (SSSR count). The molecular formula is C9H19NO2S. The molecule has 4 heteroatoms. The van der Waals surface area contributed by atoms with Crippen molar-refractivity contribution in [2.24, 2.45) is 5.73 Å². The van der Waals surface area contributed by atoms with E-state index in [-0.39, 0.29) is 12.0 Å². The quantitative estimate of drug-likeness (QED) is 0.666. The van der Waals surface area contributed by atoms with Crippen molar-refractivity contribution in [3.05, 3.63) is 0 Å². The van der Waals surface area contributed by atoms with Crippen LogP contribution in [0.5, 0.6) is 0 Å². The minimum Gasteiger partial charge on any atom is -0.469 e. The van der Waals surface area contributed by atoms with Gasteiger partial charge in [0.1, 0.15) is 0 Å². The van der Waals surface area contributed by atoms with E-state index >= 15 is 0 Å². The van der Waals surface area contributed by atoms with Gasteiger partial charge in [-0.2, -0.15) is 11.8 Å². The van der Waals surface area contributed by atoms with E-state index in [1.807, 2.05) is 6.92 Å². The van der Waals surface area contributed by atoms with E-state index < -0.39 is 0 Å². The van der Waals surface area contributed by atoms with Crippen molar-refractivity contribution in [1.29, 1.82) is 0 Å².